The molecule has 0 saturated carbocycles. The van der Waals surface area contributed by atoms with E-state index in [0.29, 0.717) is 16.7 Å². The van der Waals surface area contributed by atoms with Gasteiger partial charge in [-0.3, -0.25) is 4.79 Å². The average Bonchev–Trinajstić information content (AvgIpc) is 3.33. The van der Waals surface area contributed by atoms with Crippen molar-refractivity contribution in [1.29, 1.82) is 0 Å². The number of aromatic nitrogens is 3. The predicted molar refractivity (Wildman–Crippen MR) is 110 cm³/mol. The number of nitrogens with one attached hydrogen (secondary N) is 1. The number of alkyl halides is 3. The lowest BCUT2D eigenvalue weighted by Gasteiger charge is -2.11. The number of hydrogen-bond donors (Lipinski definition) is 1. The summed E-state index contributed by atoms with van der Waals surface area (Å²) in [4.78, 5) is 16.9. The quantitative estimate of drug-likeness (QED) is 0.507. The van der Waals surface area contributed by atoms with Gasteiger partial charge in [0, 0.05) is 23.2 Å². The van der Waals surface area contributed by atoms with Crippen LogP contribution in [0.1, 0.15) is 29.0 Å². The number of ether oxygens (including phenoxy) is 1. The van der Waals surface area contributed by atoms with Gasteiger partial charge in [0.1, 0.15) is 0 Å². The summed E-state index contributed by atoms with van der Waals surface area (Å²) < 4.78 is 48.2. The summed E-state index contributed by atoms with van der Waals surface area (Å²) in [5, 5.41) is 6.57. The smallest absolute Gasteiger partial charge is 0.376 e. The lowest BCUT2D eigenvalue weighted by atomic mass is 10.1. The molecule has 1 aliphatic rings. The van der Waals surface area contributed by atoms with E-state index < -0.39 is 17.8 Å². The highest BCUT2D eigenvalue weighted by Crippen LogP contribution is 2.34. The molecule has 158 valence electrons. The molecule has 1 amide bonds. The molecule has 1 aliphatic heterocycles. The second-order valence-corrected chi connectivity index (χ2v) is 8.48. The first-order chi connectivity index (χ1) is 14.2. The van der Waals surface area contributed by atoms with Gasteiger partial charge >= 0.3 is 6.18 Å². The molecule has 1 N–H and O–H groups in total. The van der Waals surface area contributed by atoms with Gasteiger partial charge in [-0.15, -0.1) is 0 Å². The number of carbonyl (C=O) groups is 1. The predicted octanol–water partition coefficient (Wildman–Crippen LogP) is 4.85. The van der Waals surface area contributed by atoms with Crippen LogP contribution < -0.4 is 5.32 Å². The zero-order valence-corrected chi connectivity index (χ0v) is 18.5. The first-order valence-electron chi connectivity index (χ1n) is 9.06. The fourth-order valence-corrected chi connectivity index (χ4v) is 3.98. The molecule has 1 fully saturated rings. The number of carbonyl (C=O) groups excluding carboxylic acids is 1. The van der Waals surface area contributed by atoms with Crippen LogP contribution in [-0.4, -0.2) is 39.8 Å². The van der Waals surface area contributed by atoms with E-state index in [0.717, 1.165) is 23.4 Å². The van der Waals surface area contributed by atoms with Crippen LogP contribution >= 0.6 is 31.9 Å². The Labute approximate surface area is 186 Å². The molecule has 0 spiro atoms. The van der Waals surface area contributed by atoms with E-state index in [1.807, 2.05) is 0 Å². The third kappa shape index (κ3) is 4.23. The Balaban J connectivity index is 1.76. The second kappa shape index (κ2) is 8.27. The van der Waals surface area contributed by atoms with Gasteiger partial charge < -0.3 is 10.1 Å². The molecule has 1 saturated heterocycles. The number of amides is 1. The van der Waals surface area contributed by atoms with Crippen molar-refractivity contribution in [3.63, 3.8) is 0 Å². The van der Waals surface area contributed by atoms with Crippen LogP contribution in [0.15, 0.2) is 39.3 Å². The first-order valence-corrected chi connectivity index (χ1v) is 10.6. The van der Waals surface area contributed by atoms with Crippen molar-refractivity contribution in [2.75, 3.05) is 13.2 Å². The van der Waals surface area contributed by atoms with E-state index in [-0.39, 0.29) is 34.2 Å². The molecule has 30 heavy (non-hydrogen) atoms. The minimum atomic E-state index is -4.69. The Morgan fingerprint density at radius 1 is 1.27 bits per heavy atom. The van der Waals surface area contributed by atoms with Crippen molar-refractivity contribution >= 4 is 43.4 Å². The molecule has 6 nitrogen and oxygen atoms in total. The highest BCUT2D eigenvalue weighted by molar-refractivity contribution is 9.11. The van der Waals surface area contributed by atoms with Gasteiger partial charge in [0.25, 0.3) is 5.91 Å². The number of hydrogen-bond acceptors (Lipinski definition) is 4. The van der Waals surface area contributed by atoms with Crippen LogP contribution in [0.4, 0.5) is 13.2 Å². The SMILES string of the molecule is O=C(NC[C@H]1CCCO1)c1nn2c(C(F)(F)F)cc(-c3ccc(Br)cc3)nc2c1Br. The average molecular weight is 548 g/mol. The fourth-order valence-electron chi connectivity index (χ4n) is 3.20. The summed E-state index contributed by atoms with van der Waals surface area (Å²) >= 11 is 6.51. The molecular formula is C19H15Br2F3N4O2. The molecule has 1 atom stereocenters. The third-order valence-electron chi connectivity index (χ3n) is 4.69. The second-order valence-electron chi connectivity index (χ2n) is 6.77. The maximum absolute atomic E-state index is 13.7. The van der Waals surface area contributed by atoms with Crippen molar-refractivity contribution in [2.45, 2.75) is 25.1 Å². The minimum Gasteiger partial charge on any atom is -0.376 e. The zero-order chi connectivity index (χ0) is 21.5. The topological polar surface area (TPSA) is 68.5 Å². The summed E-state index contributed by atoms with van der Waals surface area (Å²) in [6, 6.07) is 7.66. The lowest BCUT2D eigenvalue weighted by molar-refractivity contribution is -0.142. The molecule has 4 rings (SSSR count). The van der Waals surface area contributed by atoms with Crippen LogP contribution in [0.2, 0.25) is 0 Å². The molecular weight excluding hydrogens is 533 g/mol. The van der Waals surface area contributed by atoms with Crippen LogP contribution in [-0.2, 0) is 10.9 Å². The Morgan fingerprint density at radius 2 is 2.00 bits per heavy atom. The molecule has 0 unspecified atom stereocenters. The summed E-state index contributed by atoms with van der Waals surface area (Å²) in [7, 11) is 0. The van der Waals surface area contributed by atoms with Gasteiger partial charge in [0.2, 0.25) is 0 Å². The third-order valence-corrected chi connectivity index (χ3v) is 5.95. The van der Waals surface area contributed by atoms with Crippen LogP contribution in [0, 0.1) is 0 Å². The molecule has 1 aromatic carbocycles. The van der Waals surface area contributed by atoms with E-state index >= 15 is 0 Å². The first kappa shape index (κ1) is 21.3. The Kier molecular flexibility index (Phi) is 5.86. The fraction of sp³-hybridized carbons (Fsp3) is 0.316. The van der Waals surface area contributed by atoms with Crippen LogP contribution in [0.5, 0.6) is 0 Å². The van der Waals surface area contributed by atoms with Crippen molar-refractivity contribution in [2.24, 2.45) is 0 Å². The van der Waals surface area contributed by atoms with Crippen molar-refractivity contribution in [3.8, 4) is 11.3 Å². The van der Waals surface area contributed by atoms with Gasteiger partial charge in [-0.2, -0.15) is 18.3 Å². The molecule has 2 aromatic heterocycles. The molecule has 11 heteroatoms. The van der Waals surface area contributed by atoms with Crippen molar-refractivity contribution in [1.82, 2.24) is 19.9 Å². The lowest BCUT2D eigenvalue weighted by Crippen LogP contribution is -2.32. The number of halogens is 5. The molecule has 0 radical (unpaired) electrons. The largest absolute Gasteiger partial charge is 0.433 e. The number of nitrogens with zero attached hydrogens (tertiary/aromatic N) is 3. The number of fused-ring (bicyclic) bond motifs is 1. The standard InChI is InChI=1S/C19H15Br2F3N4O2/c20-11-5-3-10(4-6-11)13-8-14(19(22,23)24)28-17(26-13)15(21)16(27-28)18(29)25-9-12-2-1-7-30-12/h3-6,8,12H,1-2,7,9H2,(H,25,29)/t12-/m1/s1. The monoisotopic (exact) mass is 546 g/mol. The van der Waals surface area contributed by atoms with Crippen molar-refractivity contribution < 1.29 is 22.7 Å². The molecule has 0 aliphatic carbocycles. The highest BCUT2D eigenvalue weighted by atomic mass is 79.9. The maximum Gasteiger partial charge on any atom is 0.433 e. The van der Waals surface area contributed by atoms with Gasteiger partial charge in [0.05, 0.1) is 16.3 Å². The van der Waals surface area contributed by atoms with Gasteiger partial charge in [0.15, 0.2) is 17.0 Å². The van der Waals surface area contributed by atoms with Gasteiger partial charge in [-0.1, -0.05) is 28.1 Å². The van der Waals surface area contributed by atoms with E-state index in [1.165, 1.54) is 0 Å². The van der Waals surface area contributed by atoms with Gasteiger partial charge in [-0.25, -0.2) is 9.50 Å². The minimum absolute atomic E-state index is 0.0926. The Hall–Kier alpha value is -1.98. The summed E-state index contributed by atoms with van der Waals surface area (Å²) in [6.07, 6.45) is -3.06. The number of rotatable bonds is 4. The Morgan fingerprint density at radius 3 is 2.63 bits per heavy atom. The van der Waals surface area contributed by atoms with E-state index in [4.69, 9.17) is 4.74 Å². The van der Waals surface area contributed by atoms with E-state index in [1.54, 1.807) is 24.3 Å². The normalized spacial score (nSPS) is 16.9. The summed E-state index contributed by atoms with van der Waals surface area (Å²) in [5.41, 5.74) is -0.661. The highest BCUT2D eigenvalue weighted by Gasteiger charge is 2.36. The van der Waals surface area contributed by atoms with E-state index in [2.05, 4.69) is 47.3 Å². The Bertz CT molecular complexity index is 1090. The molecule has 3 aromatic rings. The molecule has 3 heterocycles. The maximum atomic E-state index is 13.7. The van der Waals surface area contributed by atoms with Crippen LogP contribution in [0.25, 0.3) is 16.9 Å². The van der Waals surface area contributed by atoms with E-state index in [9.17, 15) is 18.0 Å². The number of benzene rings is 1. The molecule has 0 bridgehead atoms. The zero-order valence-electron chi connectivity index (χ0n) is 15.3. The van der Waals surface area contributed by atoms with Crippen molar-refractivity contribution in [3.05, 3.63) is 50.7 Å². The van der Waals surface area contributed by atoms with Crippen LogP contribution in [0.3, 0.4) is 0 Å². The summed E-state index contributed by atoms with van der Waals surface area (Å²) in [6.45, 7) is 0.902. The summed E-state index contributed by atoms with van der Waals surface area (Å²) in [5.74, 6) is -0.596. The van der Waals surface area contributed by atoms with Gasteiger partial charge in [-0.05, 0) is 47.0 Å².